The number of anilines is 1. The van der Waals surface area contributed by atoms with Gasteiger partial charge in [-0.15, -0.1) is 0 Å². The van der Waals surface area contributed by atoms with Gasteiger partial charge in [0.05, 0.1) is 6.33 Å². The van der Waals surface area contributed by atoms with E-state index in [2.05, 4.69) is 15.0 Å². The Kier molecular flexibility index (Phi) is 3.69. The molecule has 0 unspecified atom stereocenters. The maximum Gasteiger partial charge on any atom is 0.280 e. The predicted octanol–water partition coefficient (Wildman–Crippen LogP) is 1.35. The molecule has 0 atom stereocenters. The van der Waals surface area contributed by atoms with E-state index in [0.29, 0.717) is 12.2 Å². The first-order valence-corrected chi connectivity index (χ1v) is 8.44. The third kappa shape index (κ3) is 2.93. The summed E-state index contributed by atoms with van der Waals surface area (Å²) in [4.78, 5) is 3.94. The van der Waals surface area contributed by atoms with Crippen LogP contribution in [0, 0.1) is 0 Å². The highest BCUT2D eigenvalue weighted by molar-refractivity contribution is 7.92. The van der Waals surface area contributed by atoms with Crippen LogP contribution in [0.5, 0.6) is 0 Å². The van der Waals surface area contributed by atoms with Crippen LogP contribution in [0.15, 0.2) is 35.7 Å². The largest absolute Gasteiger partial charge is 0.336 e. The van der Waals surface area contributed by atoms with Gasteiger partial charge in [-0.3, -0.25) is 4.72 Å². The van der Waals surface area contributed by atoms with E-state index in [9.17, 15) is 8.42 Å². The number of hydrogen-bond donors (Lipinski definition) is 2. The van der Waals surface area contributed by atoms with Gasteiger partial charge in [0.15, 0.2) is 5.03 Å². The second kappa shape index (κ2) is 5.50. The van der Waals surface area contributed by atoms with E-state index >= 15 is 0 Å². The zero-order chi connectivity index (χ0) is 14.9. The number of imidazole rings is 1. The zero-order valence-corrected chi connectivity index (χ0v) is 12.7. The first-order chi connectivity index (χ1) is 10.1. The van der Waals surface area contributed by atoms with Gasteiger partial charge in [0, 0.05) is 25.0 Å². The molecule has 0 spiro atoms. The molecule has 21 heavy (non-hydrogen) atoms. The average molecular weight is 306 g/mol. The summed E-state index contributed by atoms with van der Waals surface area (Å²) in [5.74, 6) is 0. The first-order valence-electron chi connectivity index (χ1n) is 6.95. The van der Waals surface area contributed by atoms with E-state index in [-0.39, 0.29) is 5.03 Å². The Morgan fingerprint density at radius 1 is 1.38 bits per heavy atom. The molecule has 0 fully saturated rings. The molecule has 2 heterocycles. The molecule has 7 heteroatoms. The Hall–Kier alpha value is -1.86. The van der Waals surface area contributed by atoms with Gasteiger partial charge in [-0.25, -0.2) is 4.98 Å². The number of aryl methyl sites for hydroxylation is 1. The molecule has 0 bridgehead atoms. The number of nitrogens with one attached hydrogen (secondary N) is 2. The molecule has 0 aliphatic carbocycles. The second-order valence-electron chi connectivity index (χ2n) is 5.06. The summed E-state index contributed by atoms with van der Waals surface area (Å²) in [7, 11) is -3.63. The van der Waals surface area contributed by atoms with Gasteiger partial charge in [-0.05, 0) is 43.1 Å². The van der Waals surface area contributed by atoms with E-state index in [1.807, 2.05) is 19.1 Å². The van der Waals surface area contributed by atoms with Crippen LogP contribution in [0.3, 0.4) is 0 Å². The van der Waals surface area contributed by atoms with Gasteiger partial charge in [-0.1, -0.05) is 6.07 Å². The fourth-order valence-corrected chi connectivity index (χ4v) is 3.40. The highest BCUT2D eigenvalue weighted by Crippen LogP contribution is 2.21. The lowest BCUT2D eigenvalue weighted by molar-refractivity contribution is 0.598. The lowest BCUT2D eigenvalue weighted by Gasteiger charge is -2.18. The Labute approximate surface area is 124 Å². The fourth-order valence-electron chi connectivity index (χ4n) is 2.40. The van der Waals surface area contributed by atoms with Crippen LogP contribution in [0.4, 0.5) is 5.69 Å². The lowest BCUT2D eigenvalue weighted by atomic mass is 10.0. The Morgan fingerprint density at radius 3 is 3.00 bits per heavy atom. The van der Waals surface area contributed by atoms with E-state index in [1.54, 1.807) is 10.6 Å². The molecule has 2 N–H and O–H groups in total. The molecule has 0 saturated carbocycles. The quantitative estimate of drug-likeness (QED) is 0.894. The molecule has 0 amide bonds. The van der Waals surface area contributed by atoms with Crippen LogP contribution in [0.2, 0.25) is 0 Å². The van der Waals surface area contributed by atoms with Crippen molar-refractivity contribution in [1.82, 2.24) is 14.9 Å². The van der Waals surface area contributed by atoms with Crippen molar-refractivity contribution >= 4 is 15.7 Å². The fraction of sp³-hybridized carbons (Fsp3) is 0.357. The van der Waals surface area contributed by atoms with Gasteiger partial charge in [-0.2, -0.15) is 8.42 Å². The number of sulfonamides is 1. The van der Waals surface area contributed by atoms with Gasteiger partial charge in [0.1, 0.15) is 0 Å². The van der Waals surface area contributed by atoms with Crippen molar-refractivity contribution in [2.45, 2.75) is 31.5 Å². The highest BCUT2D eigenvalue weighted by Gasteiger charge is 2.18. The minimum Gasteiger partial charge on any atom is -0.336 e. The van der Waals surface area contributed by atoms with Crippen molar-refractivity contribution in [2.24, 2.45) is 0 Å². The average Bonchev–Trinajstić information content (AvgIpc) is 2.96. The summed E-state index contributed by atoms with van der Waals surface area (Å²) in [6.07, 6.45) is 4.02. The normalized spacial score (nSPS) is 14.7. The van der Waals surface area contributed by atoms with E-state index in [0.717, 1.165) is 25.1 Å². The van der Waals surface area contributed by atoms with Crippen LogP contribution in [-0.2, 0) is 29.5 Å². The molecule has 1 aliphatic heterocycles. The predicted molar refractivity (Wildman–Crippen MR) is 80.6 cm³/mol. The molecule has 112 valence electrons. The molecular weight excluding hydrogens is 288 g/mol. The first kappa shape index (κ1) is 14.1. The third-order valence-corrected chi connectivity index (χ3v) is 4.86. The molecule has 1 aromatic heterocycles. The van der Waals surface area contributed by atoms with Crippen LogP contribution < -0.4 is 10.0 Å². The number of fused-ring (bicyclic) bond motifs is 1. The molecule has 6 nitrogen and oxygen atoms in total. The standard InChI is InChI=1S/C14H18N4O2S/c1-2-18-9-14(16-10-18)21(19,20)17-13-4-3-11-5-6-15-8-12(11)7-13/h3-4,7,9-10,15,17H,2,5-6,8H2,1H3. The maximum atomic E-state index is 12.3. The SMILES string of the molecule is CCn1cnc(S(=O)(=O)Nc2ccc3c(c2)CNCC3)c1. The molecule has 3 rings (SSSR count). The zero-order valence-electron chi connectivity index (χ0n) is 11.8. The van der Waals surface area contributed by atoms with Gasteiger partial charge in [0.25, 0.3) is 10.0 Å². The molecule has 1 aromatic carbocycles. The van der Waals surface area contributed by atoms with Crippen LogP contribution in [0.25, 0.3) is 0 Å². The number of nitrogens with zero attached hydrogens (tertiary/aromatic N) is 2. The lowest BCUT2D eigenvalue weighted by Crippen LogP contribution is -2.23. The smallest absolute Gasteiger partial charge is 0.280 e. The van der Waals surface area contributed by atoms with E-state index in [4.69, 9.17) is 0 Å². The number of rotatable bonds is 4. The second-order valence-corrected chi connectivity index (χ2v) is 6.69. The highest BCUT2D eigenvalue weighted by atomic mass is 32.2. The van der Waals surface area contributed by atoms with E-state index in [1.165, 1.54) is 18.1 Å². The molecule has 0 radical (unpaired) electrons. The van der Waals surface area contributed by atoms with E-state index < -0.39 is 10.0 Å². The Bertz CT molecular complexity index is 752. The monoisotopic (exact) mass is 306 g/mol. The van der Waals surface area contributed by atoms with Crippen molar-refractivity contribution in [3.8, 4) is 0 Å². The van der Waals surface area contributed by atoms with Crippen LogP contribution in [0.1, 0.15) is 18.1 Å². The van der Waals surface area contributed by atoms with Gasteiger partial charge >= 0.3 is 0 Å². The van der Waals surface area contributed by atoms with Gasteiger partial charge in [0.2, 0.25) is 0 Å². The van der Waals surface area contributed by atoms with Gasteiger partial charge < -0.3 is 9.88 Å². The minimum absolute atomic E-state index is 0.0418. The number of aromatic nitrogens is 2. The van der Waals surface area contributed by atoms with Crippen molar-refractivity contribution in [3.05, 3.63) is 41.9 Å². The van der Waals surface area contributed by atoms with Crippen molar-refractivity contribution < 1.29 is 8.42 Å². The molecule has 2 aromatic rings. The molecule has 1 aliphatic rings. The Morgan fingerprint density at radius 2 is 2.24 bits per heavy atom. The summed E-state index contributed by atoms with van der Waals surface area (Å²) >= 11 is 0. The summed E-state index contributed by atoms with van der Waals surface area (Å²) in [6.45, 7) is 4.36. The van der Waals surface area contributed by atoms with Crippen molar-refractivity contribution in [2.75, 3.05) is 11.3 Å². The van der Waals surface area contributed by atoms with Crippen molar-refractivity contribution in [1.29, 1.82) is 0 Å². The minimum atomic E-state index is -3.63. The van der Waals surface area contributed by atoms with Crippen molar-refractivity contribution in [3.63, 3.8) is 0 Å². The maximum absolute atomic E-state index is 12.3. The molecule has 0 saturated heterocycles. The summed E-state index contributed by atoms with van der Waals surface area (Å²) < 4.78 is 28.9. The molecular formula is C14H18N4O2S. The Balaban J connectivity index is 1.85. The summed E-state index contributed by atoms with van der Waals surface area (Å²) in [5.41, 5.74) is 2.98. The number of hydrogen-bond acceptors (Lipinski definition) is 4. The third-order valence-electron chi connectivity index (χ3n) is 3.60. The summed E-state index contributed by atoms with van der Waals surface area (Å²) in [6, 6.07) is 5.67. The number of benzene rings is 1. The van der Waals surface area contributed by atoms with Crippen LogP contribution in [-0.4, -0.2) is 24.5 Å². The van der Waals surface area contributed by atoms with Crippen LogP contribution >= 0.6 is 0 Å². The summed E-state index contributed by atoms with van der Waals surface area (Å²) in [5, 5.41) is 3.32. The topological polar surface area (TPSA) is 76.0 Å².